The first kappa shape index (κ1) is 18.0. The highest BCUT2D eigenvalue weighted by molar-refractivity contribution is 7.89. The lowest BCUT2D eigenvalue weighted by Crippen LogP contribution is -2.44. The minimum Gasteiger partial charge on any atom is -0.299 e. The SMILES string of the molecule is CCCS(=O)(=O)N1CCC[C@H]1C(=O)Nc1nnc(-c2ccccc2)s1. The average Bonchev–Trinajstić information content (AvgIpc) is 3.25. The molecule has 2 aromatic rings. The van der Waals surface area contributed by atoms with Crippen LogP contribution in [0.3, 0.4) is 0 Å². The summed E-state index contributed by atoms with van der Waals surface area (Å²) in [4.78, 5) is 12.5. The molecular weight excluding hydrogens is 360 g/mol. The third-order valence-corrected chi connectivity index (χ3v) is 6.97. The highest BCUT2D eigenvalue weighted by Crippen LogP contribution is 2.27. The van der Waals surface area contributed by atoms with Crippen LogP contribution in [-0.4, -0.2) is 47.2 Å². The number of hydrogen-bond acceptors (Lipinski definition) is 6. The number of aromatic nitrogens is 2. The van der Waals surface area contributed by atoms with Gasteiger partial charge in [-0.2, -0.15) is 4.31 Å². The van der Waals surface area contributed by atoms with E-state index in [1.165, 1.54) is 15.6 Å². The van der Waals surface area contributed by atoms with Gasteiger partial charge in [0.1, 0.15) is 11.0 Å². The maximum atomic E-state index is 12.5. The lowest BCUT2D eigenvalue weighted by atomic mass is 10.2. The molecule has 1 amide bonds. The summed E-state index contributed by atoms with van der Waals surface area (Å²) in [6.07, 6.45) is 1.75. The van der Waals surface area contributed by atoms with Crippen LogP contribution in [0, 0.1) is 0 Å². The molecule has 134 valence electrons. The Labute approximate surface area is 151 Å². The molecule has 0 saturated carbocycles. The average molecular weight is 380 g/mol. The molecule has 0 spiro atoms. The number of hydrogen-bond donors (Lipinski definition) is 1. The van der Waals surface area contributed by atoms with E-state index < -0.39 is 16.1 Å². The van der Waals surface area contributed by atoms with Gasteiger partial charge in [0.25, 0.3) is 0 Å². The van der Waals surface area contributed by atoms with Gasteiger partial charge < -0.3 is 0 Å². The molecule has 1 aliphatic rings. The maximum Gasteiger partial charge on any atom is 0.244 e. The quantitative estimate of drug-likeness (QED) is 0.830. The number of anilines is 1. The highest BCUT2D eigenvalue weighted by Gasteiger charge is 2.38. The van der Waals surface area contributed by atoms with E-state index in [4.69, 9.17) is 0 Å². The van der Waals surface area contributed by atoms with Crippen molar-refractivity contribution in [2.75, 3.05) is 17.6 Å². The molecule has 3 rings (SSSR count). The Morgan fingerprint density at radius 2 is 2.08 bits per heavy atom. The molecule has 1 aromatic carbocycles. The fraction of sp³-hybridized carbons (Fsp3) is 0.438. The smallest absolute Gasteiger partial charge is 0.244 e. The number of carbonyl (C=O) groups is 1. The summed E-state index contributed by atoms with van der Waals surface area (Å²) < 4.78 is 25.9. The molecule has 0 bridgehead atoms. The van der Waals surface area contributed by atoms with Crippen LogP contribution in [0.1, 0.15) is 26.2 Å². The van der Waals surface area contributed by atoms with Crippen molar-refractivity contribution >= 4 is 32.4 Å². The number of carbonyl (C=O) groups excluding carboxylic acids is 1. The van der Waals surface area contributed by atoms with Crippen molar-refractivity contribution < 1.29 is 13.2 Å². The van der Waals surface area contributed by atoms with Crippen LogP contribution in [0.2, 0.25) is 0 Å². The highest BCUT2D eigenvalue weighted by atomic mass is 32.2. The van der Waals surface area contributed by atoms with E-state index in [-0.39, 0.29) is 11.7 Å². The van der Waals surface area contributed by atoms with Crippen molar-refractivity contribution in [1.29, 1.82) is 0 Å². The van der Waals surface area contributed by atoms with Crippen LogP contribution in [-0.2, 0) is 14.8 Å². The predicted molar refractivity (Wildman–Crippen MR) is 97.8 cm³/mol. The van der Waals surface area contributed by atoms with E-state index in [1.54, 1.807) is 0 Å². The molecule has 0 radical (unpaired) electrons. The van der Waals surface area contributed by atoms with Gasteiger partial charge in [-0.1, -0.05) is 48.6 Å². The zero-order valence-electron chi connectivity index (χ0n) is 13.9. The maximum absolute atomic E-state index is 12.5. The van der Waals surface area contributed by atoms with Crippen molar-refractivity contribution in [3.8, 4) is 10.6 Å². The second kappa shape index (κ2) is 7.59. The number of amides is 1. The van der Waals surface area contributed by atoms with Gasteiger partial charge in [-0.15, -0.1) is 10.2 Å². The van der Waals surface area contributed by atoms with E-state index in [0.29, 0.717) is 35.9 Å². The van der Waals surface area contributed by atoms with Gasteiger partial charge in [0, 0.05) is 12.1 Å². The van der Waals surface area contributed by atoms with Crippen LogP contribution in [0.5, 0.6) is 0 Å². The standard InChI is InChI=1S/C16H20N4O3S2/c1-2-11-25(22,23)20-10-6-9-13(20)14(21)17-16-19-18-15(24-16)12-7-4-3-5-8-12/h3-5,7-8,13H,2,6,9-11H2,1H3,(H,17,19,21)/t13-/m0/s1. The van der Waals surface area contributed by atoms with Crippen LogP contribution >= 0.6 is 11.3 Å². The van der Waals surface area contributed by atoms with Gasteiger partial charge in [-0.25, -0.2) is 8.42 Å². The number of nitrogens with one attached hydrogen (secondary N) is 1. The molecule has 1 N–H and O–H groups in total. The van der Waals surface area contributed by atoms with Crippen molar-refractivity contribution in [3.63, 3.8) is 0 Å². The Hall–Kier alpha value is -1.84. The summed E-state index contributed by atoms with van der Waals surface area (Å²) in [6, 6.07) is 8.90. The second-order valence-electron chi connectivity index (χ2n) is 5.85. The first-order valence-corrected chi connectivity index (χ1v) is 10.6. The molecule has 25 heavy (non-hydrogen) atoms. The Bertz CT molecular complexity index is 836. The monoisotopic (exact) mass is 380 g/mol. The molecule has 1 fully saturated rings. The van der Waals surface area contributed by atoms with Crippen LogP contribution < -0.4 is 5.32 Å². The van der Waals surface area contributed by atoms with Gasteiger partial charge >= 0.3 is 0 Å². The lowest BCUT2D eigenvalue weighted by molar-refractivity contribution is -0.119. The van der Waals surface area contributed by atoms with Gasteiger partial charge in [0.15, 0.2) is 0 Å². The molecule has 9 heteroatoms. The van der Waals surface area contributed by atoms with Gasteiger partial charge in [0.05, 0.1) is 5.75 Å². The zero-order valence-corrected chi connectivity index (χ0v) is 15.5. The van der Waals surface area contributed by atoms with E-state index in [2.05, 4.69) is 15.5 Å². The Kier molecular flexibility index (Phi) is 5.45. The minimum atomic E-state index is -3.39. The molecule has 0 unspecified atom stereocenters. The number of benzene rings is 1. The third kappa shape index (κ3) is 4.05. The van der Waals surface area contributed by atoms with Crippen molar-refractivity contribution in [1.82, 2.24) is 14.5 Å². The van der Waals surface area contributed by atoms with Crippen LogP contribution in [0.25, 0.3) is 10.6 Å². The molecule has 2 heterocycles. The Balaban J connectivity index is 1.71. The first-order chi connectivity index (χ1) is 12.0. The summed E-state index contributed by atoms with van der Waals surface area (Å²) in [5, 5.41) is 11.9. The van der Waals surface area contributed by atoms with Gasteiger partial charge in [-0.3, -0.25) is 10.1 Å². The largest absolute Gasteiger partial charge is 0.299 e. The van der Waals surface area contributed by atoms with E-state index in [0.717, 1.165) is 5.56 Å². The number of rotatable bonds is 6. The molecule has 0 aliphatic carbocycles. The molecule has 1 atom stereocenters. The molecular formula is C16H20N4O3S2. The zero-order chi connectivity index (χ0) is 17.9. The second-order valence-corrected chi connectivity index (χ2v) is 8.87. The summed E-state index contributed by atoms with van der Waals surface area (Å²) in [5.74, 6) is -0.277. The summed E-state index contributed by atoms with van der Waals surface area (Å²) >= 11 is 1.27. The number of nitrogens with zero attached hydrogens (tertiary/aromatic N) is 3. The lowest BCUT2D eigenvalue weighted by Gasteiger charge is -2.22. The van der Waals surface area contributed by atoms with Crippen molar-refractivity contribution in [2.45, 2.75) is 32.2 Å². The molecule has 1 aromatic heterocycles. The first-order valence-electron chi connectivity index (χ1n) is 8.20. The predicted octanol–water partition coefficient (Wildman–Crippen LogP) is 2.35. The van der Waals surface area contributed by atoms with Crippen molar-refractivity contribution in [3.05, 3.63) is 30.3 Å². The van der Waals surface area contributed by atoms with Crippen LogP contribution in [0.4, 0.5) is 5.13 Å². The summed E-state index contributed by atoms with van der Waals surface area (Å²) in [6.45, 7) is 2.21. The summed E-state index contributed by atoms with van der Waals surface area (Å²) in [5.41, 5.74) is 0.925. The third-order valence-electron chi connectivity index (χ3n) is 4.00. The topological polar surface area (TPSA) is 92.3 Å². The van der Waals surface area contributed by atoms with E-state index >= 15 is 0 Å². The molecule has 1 saturated heterocycles. The number of sulfonamides is 1. The summed E-state index contributed by atoms with van der Waals surface area (Å²) in [7, 11) is -3.39. The van der Waals surface area contributed by atoms with Crippen molar-refractivity contribution in [2.24, 2.45) is 0 Å². The van der Waals surface area contributed by atoms with E-state index in [1.807, 2.05) is 37.3 Å². The molecule has 7 nitrogen and oxygen atoms in total. The molecule has 1 aliphatic heterocycles. The van der Waals surface area contributed by atoms with Gasteiger partial charge in [0.2, 0.25) is 21.1 Å². The normalized spacial score (nSPS) is 18.4. The van der Waals surface area contributed by atoms with E-state index in [9.17, 15) is 13.2 Å². The van der Waals surface area contributed by atoms with Crippen LogP contribution in [0.15, 0.2) is 30.3 Å². The Morgan fingerprint density at radius 1 is 1.32 bits per heavy atom. The Morgan fingerprint density at radius 3 is 2.80 bits per heavy atom. The fourth-order valence-electron chi connectivity index (χ4n) is 2.87. The van der Waals surface area contributed by atoms with Gasteiger partial charge in [-0.05, 0) is 19.3 Å². The fourth-order valence-corrected chi connectivity index (χ4v) is 5.37. The minimum absolute atomic E-state index is 0.0632.